The van der Waals surface area contributed by atoms with E-state index in [9.17, 15) is 31.6 Å². The second-order valence-electron chi connectivity index (χ2n) is 16.4. The van der Waals surface area contributed by atoms with Crippen LogP contribution in [0.4, 0.5) is 39.5 Å². The highest BCUT2D eigenvalue weighted by atomic mass is 19.4. The smallest absolute Gasteiger partial charge is 0.309 e. The third kappa shape index (κ3) is 7.21. The molecule has 0 N–H and O–H groups in total. The summed E-state index contributed by atoms with van der Waals surface area (Å²) in [6.07, 6.45) is -14.2. The molecule has 0 radical (unpaired) electrons. The van der Waals surface area contributed by atoms with Gasteiger partial charge in [0.1, 0.15) is 5.56 Å². The Morgan fingerprint density at radius 3 is 1.24 bits per heavy atom. The van der Waals surface area contributed by atoms with Crippen molar-refractivity contribution in [2.45, 2.75) is 32.4 Å². The van der Waals surface area contributed by atoms with E-state index in [0.29, 0.717) is 77.0 Å². The number of alkyl halides is 9. The van der Waals surface area contributed by atoms with Crippen molar-refractivity contribution in [3.05, 3.63) is 191 Å². The molecule has 66 heavy (non-hydrogen) atoms. The second-order valence-corrected chi connectivity index (χ2v) is 16.4. The maximum absolute atomic E-state index is 16.4. The van der Waals surface area contributed by atoms with Crippen molar-refractivity contribution in [3.8, 4) is 50.8 Å². The van der Waals surface area contributed by atoms with Crippen molar-refractivity contribution in [1.82, 2.24) is 9.13 Å². The highest BCUT2D eigenvalue weighted by molar-refractivity contribution is 6.12. The van der Waals surface area contributed by atoms with Gasteiger partial charge in [0.05, 0.1) is 56.2 Å². The summed E-state index contributed by atoms with van der Waals surface area (Å²) in [7, 11) is 0. The third-order valence-electron chi connectivity index (χ3n) is 12.0. The minimum Gasteiger partial charge on any atom is -0.309 e. The van der Waals surface area contributed by atoms with E-state index in [2.05, 4.69) is 6.07 Å². The topological polar surface area (TPSA) is 33.6 Å². The lowest BCUT2D eigenvalue weighted by Crippen LogP contribution is -2.16. The summed E-state index contributed by atoms with van der Waals surface area (Å²) in [6.45, 7) is 3.12. The summed E-state index contributed by atoms with van der Waals surface area (Å²) < 4.78 is 136. The van der Waals surface area contributed by atoms with Crippen LogP contribution in [0.1, 0.15) is 33.4 Å². The molecule has 0 saturated heterocycles. The van der Waals surface area contributed by atoms with E-state index in [-0.39, 0.29) is 28.1 Å². The lowest BCUT2D eigenvalue weighted by molar-refractivity contribution is -0.138. The molecule has 0 spiro atoms. The number of aryl methyl sites for hydroxylation is 2. The summed E-state index contributed by atoms with van der Waals surface area (Å²) in [5.74, 6) is 0. The van der Waals surface area contributed by atoms with Gasteiger partial charge in [0.2, 0.25) is 0 Å². The molecule has 0 aliphatic rings. The molecule has 2 heterocycles. The maximum atomic E-state index is 16.4. The van der Waals surface area contributed by atoms with Crippen molar-refractivity contribution in [3.63, 3.8) is 0 Å². The van der Waals surface area contributed by atoms with Gasteiger partial charge in [-0.2, -0.15) is 44.8 Å². The first-order valence-corrected chi connectivity index (χ1v) is 20.6. The van der Waals surface area contributed by atoms with Crippen LogP contribution in [0.25, 0.3) is 88.4 Å². The van der Waals surface area contributed by atoms with Crippen LogP contribution in [0, 0.1) is 25.2 Å². The fourth-order valence-electron chi connectivity index (χ4n) is 9.24. The highest BCUT2D eigenvalue weighted by Crippen LogP contribution is 2.47. The number of hydrogen-bond donors (Lipinski definition) is 0. The Balaban J connectivity index is 1.29. The highest BCUT2D eigenvalue weighted by Gasteiger charge is 2.40. The van der Waals surface area contributed by atoms with E-state index in [1.165, 1.54) is 21.3 Å². The zero-order valence-electron chi connectivity index (χ0n) is 34.8. The summed E-state index contributed by atoms with van der Waals surface area (Å²) in [6, 6.07) is 42.4. The maximum Gasteiger partial charge on any atom is 0.420 e. The predicted molar refractivity (Wildman–Crippen MR) is 241 cm³/mol. The van der Waals surface area contributed by atoms with Gasteiger partial charge in [-0.05, 0) is 143 Å². The van der Waals surface area contributed by atoms with E-state index >= 15 is 13.2 Å². The largest absolute Gasteiger partial charge is 0.420 e. The number of halogens is 9. The zero-order valence-corrected chi connectivity index (χ0v) is 34.8. The number of hydrogen-bond acceptors (Lipinski definition) is 1. The van der Waals surface area contributed by atoms with Gasteiger partial charge in [-0.3, -0.25) is 0 Å². The molecule has 0 saturated carbocycles. The molecule has 326 valence electrons. The van der Waals surface area contributed by atoms with Crippen molar-refractivity contribution in [1.29, 1.82) is 5.26 Å². The number of rotatable bonds is 5. The van der Waals surface area contributed by atoms with Gasteiger partial charge in [0.15, 0.2) is 0 Å². The van der Waals surface area contributed by atoms with E-state index in [1.54, 1.807) is 135 Å². The first-order valence-electron chi connectivity index (χ1n) is 20.6. The number of para-hydroxylation sites is 2. The molecule has 0 bridgehead atoms. The molecule has 3 nitrogen and oxygen atoms in total. The molecule has 0 aliphatic carbocycles. The second kappa shape index (κ2) is 15.2. The van der Waals surface area contributed by atoms with Crippen molar-refractivity contribution < 1.29 is 39.5 Å². The van der Waals surface area contributed by atoms with Crippen LogP contribution in [-0.2, 0) is 18.5 Å². The summed E-state index contributed by atoms with van der Waals surface area (Å²) in [4.78, 5) is 0. The van der Waals surface area contributed by atoms with Gasteiger partial charge in [-0.25, -0.2) is 0 Å². The Morgan fingerprint density at radius 2 is 0.803 bits per heavy atom. The molecule has 2 aromatic heterocycles. The predicted octanol–water partition coefficient (Wildman–Crippen LogP) is 16.4. The molecule has 0 atom stereocenters. The zero-order chi connectivity index (χ0) is 46.4. The van der Waals surface area contributed by atoms with E-state index in [4.69, 9.17) is 0 Å². The number of nitriles is 1. The molecule has 8 aromatic carbocycles. The summed E-state index contributed by atoms with van der Waals surface area (Å²) in [5, 5.41) is 12.0. The van der Waals surface area contributed by atoms with Crippen molar-refractivity contribution >= 4 is 43.6 Å². The molecule has 12 heteroatoms. The SMILES string of the molecule is Cc1cc(-c2ccc3c(c2)c2ccccc2n3-c2cc(-c3cccc(C#N)c3)cc(-n3c4ccccc4c4cc(-c5cc(C)cc(C(F)(F)F)c5)ccc43)c2C(F)(F)F)cc(C(F)(F)F)c1. The lowest BCUT2D eigenvalue weighted by atomic mass is 9.97. The molecule has 0 fully saturated rings. The molecule has 10 rings (SSSR count). The summed E-state index contributed by atoms with van der Waals surface area (Å²) >= 11 is 0. The number of fused-ring (bicyclic) bond motifs is 6. The first kappa shape index (κ1) is 42.2. The van der Waals surface area contributed by atoms with E-state index in [1.807, 2.05) is 0 Å². The van der Waals surface area contributed by atoms with Gasteiger partial charge >= 0.3 is 18.5 Å². The average molecular weight is 894 g/mol. The molecular weight excluding hydrogens is 862 g/mol. The monoisotopic (exact) mass is 893 g/mol. The van der Waals surface area contributed by atoms with Crippen LogP contribution < -0.4 is 0 Å². The quantitative estimate of drug-likeness (QED) is 0.159. The van der Waals surface area contributed by atoms with Gasteiger partial charge in [-0.15, -0.1) is 0 Å². The van der Waals surface area contributed by atoms with Crippen LogP contribution in [0.3, 0.4) is 0 Å². The molecule has 10 aromatic rings. The van der Waals surface area contributed by atoms with Crippen LogP contribution >= 0.6 is 0 Å². The van der Waals surface area contributed by atoms with E-state index < -0.39 is 35.2 Å². The fraction of sp³-hybridized carbons (Fsp3) is 0.0926. The fourth-order valence-corrected chi connectivity index (χ4v) is 9.24. The minimum atomic E-state index is -5.02. The van der Waals surface area contributed by atoms with Crippen molar-refractivity contribution in [2.75, 3.05) is 0 Å². The van der Waals surface area contributed by atoms with Crippen LogP contribution in [0.2, 0.25) is 0 Å². The first-order chi connectivity index (χ1) is 31.4. The standard InChI is InChI=1S/C54H32F9N3/c1-30-18-36(23-39(20-30)52(55,56)57)34-14-16-47-43(25-34)41-10-3-5-12-45(41)65(47)49-27-38(33-9-7-8-32(22-33)29-64)28-50(51(49)54(61,62)63)66-46-13-6-4-11-42(46)44-26-35(15-17-48(44)66)37-19-31(2)21-40(24-37)53(58,59)60/h3-28H,1-2H3. The number of nitrogens with zero attached hydrogens (tertiary/aromatic N) is 3. The summed E-state index contributed by atoms with van der Waals surface area (Å²) in [5.41, 5.74) is 1.60. The van der Waals surface area contributed by atoms with Gasteiger partial charge < -0.3 is 9.13 Å². The Kier molecular flexibility index (Phi) is 9.69. The number of benzene rings is 8. The van der Waals surface area contributed by atoms with Crippen LogP contribution in [-0.4, -0.2) is 9.13 Å². The Hall–Kier alpha value is -7.78. The normalized spacial score (nSPS) is 12.5. The third-order valence-corrected chi connectivity index (χ3v) is 12.0. The van der Waals surface area contributed by atoms with E-state index in [0.717, 1.165) is 24.3 Å². The number of aromatic nitrogens is 2. The average Bonchev–Trinajstić information content (AvgIpc) is 3.79. The Morgan fingerprint density at radius 1 is 0.379 bits per heavy atom. The lowest BCUT2D eigenvalue weighted by Gasteiger charge is -2.23. The van der Waals surface area contributed by atoms with Crippen LogP contribution in [0.5, 0.6) is 0 Å². The van der Waals surface area contributed by atoms with Crippen molar-refractivity contribution in [2.24, 2.45) is 0 Å². The van der Waals surface area contributed by atoms with Gasteiger partial charge in [0.25, 0.3) is 0 Å². The Bertz CT molecular complexity index is 3450. The van der Waals surface area contributed by atoms with Gasteiger partial charge in [-0.1, -0.05) is 72.8 Å². The molecule has 0 unspecified atom stereocenters. The minimum absolute atomic E-state index is 0.256. The molecule has 0 amide bonds. The van der Waals surface area contributed by atoms with Crippen LogP contribution in [0.15, 0.2) is 158 Å². The molecule has 0 aliphatic heterocycles. The molecular formula is C54H32F9N3. The van der Waals surface area contributed by atoms with Gasteiger partial charge in [0, 0.05) is 21.5 Å². The Labute approximate surface area is 370 Å².